The van der Waals surface area contributed by atoms with Gasteiger partial charge in [-0.1, -0.05) is 6.07 Å². The molecule has 0 saturated carbocycles. The Kier molecular flexibility index (Phi) is 4.89. The number of amides is 1. The Labute approximate surface area is 186 Å². The number of ether oxygens (including phenoxy) is 3. The van der Waals surface area contributed by atoms with Gasteiger partial charge in [0.15, 0.2) is 11.5 Å². The van der Waals surface area contributed by atoms with Crippen LogP contribution in [0.5, 0.6) is 23.0 Å². The summed E-state index contributed by atoms with van der Waals surface area (Å²) in [5.74, 6) is 0.212. The highest BCUT2D eigenvalue weighted by atomic mass is 19.3. The lowest BCUT2D eigenvalue weighted by Crippen LogP contribution is -2.25. The topological polar surface area (TPSA) is 87.5 Å². The molecular weight excluding hydrogens is 434 g/mol. The van der Waals surface area contributed by atoms with Crippen LogP contribution in [-0.4, -0.2) is 27.0 Å². The van der Waals surface area contributed by atoms with Crippen LogP contribution in [-0.2, 0) is 7.05 Å². The zero-order valence-electron chi connectivity index (χ0n) is 17.2. The maximum atomic E-state index is 13.2. The number of anilines is 1. The molecular formula is C23H16F2N4O4. The third-order valence-electron chi connectivity index (χ3n) is 4.72. The molecule has 3 heterocycles. The molecule has 2 aromatic heterocycles. The minimum absolute atomic E-state index is 0.130. The Hall–Kier alpha value is -4.47. The lowest BCUT2D eigenvalue weighted by Gasteiger charge is -2.10. The highest BCUT2D eigenvalue weighted by Crippen LogP contribution is 2.41. The zero-order valence-corrected chi connectivity index (χ0v) is 17.2. The first-order chi connectivity index (χ1) is 15.8. The normalized spacial score (nSPS) is 13.5. The molecule has 0 spiro atoms. The molecule has 1 aliphatic rings. The number of aromatic nitrogens is 3. The fraction of sp³-hybridized carbons (Fsp3) is 0.0870. The van der Waals surface area contributed by atoms with Crippen LogP contribution in [0, 0.1) is 0 Å². The number of carbonyl (C=O) groups is 1. The molecule has 0 atom stereocenters. The minimum atomic E-state index is -3.74. The van der Waals surface area contributed by atoms with Crippen LogP contribution in [0.3, 0.4) is 0 Å². The van der Waals surface area contributed by atoms with Crippen molar-refractivity contribution in [3.63, 3.8) is 0 Å². The third-order valence-corrected chi connectivity index (χ3v) is 4.72. The van der Waals surface area contributed by atoms with Gasteiger partial charge in [-0.3, -0.25) is 14.5 Å². The number of halogens is 2. The Bertz CT molecular complexity index is 1360. The Morgan fingerprint density at radius 3 is 2.70 bits per heavy atom. The highest BCUT2D eigenvalue weighted by molar-refractivity contribution is 6.04. The van der Waals surface area contributed by atoms with Crippen LogP contribution in [0.4, 0.5) is 14.5 Å². The molecule has 0 bridgehead atoms. The monoisotopic (exact) mass is 450 g/mol. The van der Waals surface area contributed by atoms with E-state index in [0.717, 1.165) is 5.56 Å². The summed E-state index contributed by atoms with van der Waals surface area (Å²) in [6.45, 7) is 0. The molecule has 33 heavy (non-hydrogen) atoms. The number of nitrogens with zero attached hydrogens (tertiary/aromatic N) is 3. The molecule has 0 radical (unpaired) electrons. The molecule has 4 aromatic rings. The standard InChI is InChI=1S/C23H16F2N4O4/c1-29-13-15(12-27-29)19-11-18(7-8-26-19)31-17-4-2-3-16(10-17)28-22(30)14-5-6-20-21(9-14)33-23(24,25)32-20/h2-13H,1H3,(H,28,30). The van der Waals surface area contributed by atoms with Crippen LogP contribution in [0.15, 0.2) is 73.2 Å². The van der Waals surface area contributed by atoms with Gasteiger partial charge in [-0.05, 0) is 36.4 Å². The summed E-state index contributed by atoms with van der Waals surface area (Å²) in [5, 5.41) is 6.85. The number of aryl methyl sites for hydroxylation is 1. The number of benzene rings is 2. The van der Waals surface area contributed by atoms with Gasteiger partial charge in [0.1, 0.15) is 11.5 Å². The van der Waals surface area contributed by atoms with E-state index in [0.29, 0.717) is 22.9 Å². The van der Waals surface area contributed by atoms with Gasteiger partial charge < -0.3 is 19.5 Å². The van der Waals surface area contributed by atoms with E-state index in [1.54, 1.807) is 53.5 Å². The van der Waals surface area contributed by atoms with E-state index < -0.39 is 12.2 Å². The summed E-state index contributed by atoms with van der Waals surface area (Å²) >= 11 is 0. The summed E-state index contributed by atoms with van der Waals surface area (Å²) < 4.78 is 42.7. The van der Waals surface area contributed by atoms with Crippen molar-refractivity contribution in [2.45, 2.75) is 6.29 Å². The number of nitrogens with one attached hydrogen (secondary N) is 1. The van der Waals surface area contributed by atoms with Gasteiger partial charge in [-0.15, -0.1) is 8.78 Å². The van der Waals surface area contributed by atoms with E-state index in [9.17, 15) is 13.6 Å². The van der Waals surface area contributed by atoms with Gasteiger partial charge in [0.2, 0.25) is 0 Å². The van der Waals surface area contributed by atoms with E-state index in [4.69, 9.17) is 4.74 Å². The van der Waals surface area contributed by atoms with E-state index in [1.165, 1.54) is 18.2 Å². The quantitative estimate of drug-likeness (QED) is 0.468. The Morgan fingerprint density at radius 2 is 1.88 bits per heavy atom. The summed E-state index contributed by atoms with van der Waals surface area (Å²) in [7, 11) is 1.82. The van der Waals surface area contributed by atoms with E-state index in [1.807, 2.05) is 13.2 Å². The fourth-order valence-electron chi connectivity index (χ4n) is 3.25. The summed E-state index contributed by atoms with van der Waals surface area (Å²) in [6.07, 6.45) is 1.44. The Balaban J connectivity index is 1.30. The van der Waals surface area contributed by atoms with Crippen LogP contribution in [0.1, 0.15) is 10.4 Å². The van der Waals surface area contributed by atoms with Gasteiger partial charge in [0.05, 0.1) is 11.9 Å². The molecule has 1 N–H and O–H groups in total. The lowest BCUT2D eigenvalue weighted by molar-refractivity contribution is -0.286. The molecule has 166 valence electrons. The van der Waals surface area contributed by atoms with Crippen molar-refractivity contribution in [2.75, 3.05) is 5.32 Å². The first-order valence-electron chi connectivity index (χ1n) is 9.79. The lowest BCUT2D eigenvalue weighted by atomic mass is 10.2. The maximum absolute atomic E-state index is 13.2. The first-order valence-corrected chi connectivity index (χ1v) is 9.79. The fourth-order valence-corrected chi connectivity index (χ4v) is 3.25. The number of alkyl halides is 2. The second-order valence-corrected chi connectivity index (χ2v) is 7.19. The second-order valence-electron chi connectivity index (χ2n) is 7.19. The van der Waals surface area contributed by atoms with E-state index in [-0.39, 0.29) is 17.1 Å². The zero-order chi connectivity index (χ0) is 23.0. The summed E-state index contributed by atoms with van der Waals surface area (Å²) in [5.41, 5.74) is 2.16. The molecule has 1 aliphatic heterocycles. The largest absolute Gasteiger partial charge is 0.586 e. The number of rotatable bonds is 5. The number of fused-ring (bicyclic) bond motifs is 1. The maximum Gasteiger partial charge on any atom is 0.586 e. The van der Waals surface area contributed by atoms with Crippen molar-refractivity contribution < 1.29 is 27.8 Å². The average molecular weight is 450 g/mol. The van der Waals surface area contributed by atoms with Crippen molar-refractivity contribution in [1.82, 2.24) is 14.8 Å². The third kappa shape index (κ3) is 4.45. The molecule has 10 heteroatoms. The number of hydrogen-bond donors (Lipinski definition) is 1. The van der Waals surface area contributed by atoms with Gasteiger partial charge in [-0.25, -0.2) is 0 Å². The molecule has 0 unspecified atom stereocenters. The highest BCUT2D eigenvalue weighted by Gasteiger charge is 2.43. The number of hydrogen-bond acceptors (Lipinski definition) is 6. The van der Waals surface area contributed by atoms with Gasteiger partial charge in [0.25, 0.3) is 5.91 Å². The molecule has 0 saturated heterocycles. The van der Waals surface area contributed by atoms with Crippen LogP contribution in [0.2, 0.25) is 0 Å². The first kappa shape index (κ1) is 20.4. The molecule has 2 aromatic carbocycles. The SMILES string of the molecule is Cn1cc(-c2cc(Oc3cccc(NC(=O)c4ccc5c(c4)OC(F)(F)O5)c3)ccn2)cn1. The van der Waals surface area contributed by atoms with Crippen LogP contribution in [0.25, 0.3) is 11.3 Å². The van der Waals surface area contributed by atoms with Crippen molar-refractivity contribution >= 4 is 11.6 Å². The predicted octanol–water partition coefficient (Wildman–Crippen LogP) is 4.85. The summed E-state index contributed by atoms with van der Waals surface area (Å²) in [4.78, 5) is 16.9. The van der Waals surface area contributed by atoms with E-state index in [2.05, 4.69) is 24.9 Å². The van der Waals surface area contributed by atoms with E-state index >= 15 is 0 Å². The molecule has 0 aliphatic carbocycles. The number of carbonyl (C=O) groups excluding carboxylic acids is 1. The van der Waals surface area contributed by atoms with Gasteiger partial charge in [0, 0.05) is 48.4 Å². The molecule has 0 fully saturated rings. The van der Waals surface area contributed by atoms with Crippen LogP contribution < -0.4 is 19.5 Å². The van der Waals surface area contributed by atoms with Crippen molar-refractivity contribution in [2.24, 2.45) is 7.05 Å². The minimum Gasteiger partial charge on any atom is -0.457 e. The van der Waals surface area contributed by atoms with Crippen molar-refractivity contribution in [3.05, 3.63) is 78.8 Å². The summed E-state index contributed by atoms with van der Waals surface area (Å²) in [6, 6.07) is 14.1. The number of pyridine rings is 1. The van der Waals surface area contributed by atoms with Crippen molar-refractivity contribution in [1.29, 1.82) is 0 Å². The molecule has 1 amide bonds. The second kappa shape index (κ2) is 7.90. The van der Waals surface area contributed by atoms with Crippen LogP contribution >= 0.6 is 0 Å². The predicted molar refractivity (Wildman–Crippen MR) is 114 cm³/mol. The van der Waals surface area contributed by atoms with Crippen molar-refractivity contribution in [3.8, 4) is 34.3 Å². The average Bonchev–Trinajstić information content (AvgIpc) is 3.34. The Morgan fingerprint density at radius 1 is 1.06 bits per heavy atom. The molecule has 8 nitrogen and oxygen atoms in total. The van der Waals surface area contributed by atoms with Gasteiger partial charge >= 0.3 is 6.29 Å². The van der Waals surface area contributed by atoms with Gasteiger partial charge in [-0.2, -0.15) is 5.10 Å². The molecule has 5 rings (SSSR count). The smallest absolute Gasteiger partial charge is 0.457 e.